The van der Waals surface area contributed by atoms with Crippen molar-refractivity contribution >= 4 is 34.2 Å². The lowest BCUT2D eigenvalue weighted by Crippen LogP contribution is -2.12. The van der Waals surface area contributed by atoms with Crippen LogP contribution < -0.4 is 5.32 Å². The average molecular weight is 273 g/mol. The van der Waals surface area contributed by atoms with E-state index in [9.17, 15) is 4.79 Å². The van der Waals surface area contributed by atoms with Crippen molar-refractivity contribution in [3.05, 3.63) is 53.3 Å². The second kappa shape index (κ2) is 4.70. The zero-order valence-corrected chi connectivity index (χ0v) is 10.5. The molecule has 2 heterocycles. The van der Waals surface area contributed by atoms with E-state index in [1.807, 2.05) is 24.3 Å². The maximum atomic E-state index is 12.1. The number of nitrogens with one attached hydrogen (secondary N) is 2. The van der Waals surface area contributed by atoms with Gasteiger partial charge < -0.3 is 10.3 Å². The zero-order valence-electron chi connectivity index (χ0n) is 9.72. The summed E-state index contributed by atoms with van der Waals surface area (Å²) in [5.74, 6) is 0.119. The third-order valence-electron chi connectivity index (χ3n) is 2.71. The largest absolute Gasteiger partial charge is 0.360 e. The lowest BCUT2D eigenvalue weighted by molar-refractivity contribution is 0.102. The molecular formula is C13H9ClN4O. The number of para-hydroxylation sites is 1. The summed E-state index contributed by atoms with van der Waals surface area (Å²) in [7, 11) is 0. The Morgan fingerprint density at radius 1 is 1.16 bits per heavy atom. The molecule has 3 aromatic rings. The van der Waals surface area contributed by atoms with E-state index in [0.29, 0.717) is 11.4 Å². The average Bonchev–Trinajstić information content (AvgIpc) is 2.85. The van der Waals surface area contributed by atoms with Crippen molar-refractivity contribution in [2.24, 2.45) is 0 Å². The summed E-state index contributed by atoms with van der Waals surface area (Å²) in [6.07, 6.45) is 1.67. The summed E-state index contributed by atoms with van der Waals surface area (Å²) in [5, 5.41) is 11.3. The number of carbonyl (C=O) groups is 1. The standard InChI is InChI=1S/C13H9ClN4O/c14-11-5-6-12(18-17-11)16-13(19)9-7-15-10-4-2-1-3-8(9)10/h1-7,15H,(H,16,18,19). The molecule has 94 valence electrons. The first-order valence-corrected chi connectivity index (χ1v) is 5.98. The van der Waals surface area contributed by atoms with E-state index in [2.05, 4.69) is 20.5 Å². The van der Waals surface area contributed by atoms with E-state index in [1.54, 1.807) is 18.3 Å². The Morgan fingerprint density at radius 2 is 2.00 bits per heavy atom. The third kappa shape index (κ3) is 2.28. The molecule has 1 aromatic carbocycles. The molecule has 0 saturated heterocycles. The van der Waals surface area contributed by atoms with Crippen LogP contribution in [0.4, 0.5) is 5.82 Å². The fraction of sp³-hybridized carbons (Fsp3) is 0. The van der Waals surface area contributed by atoms with E-state index in [-0.39, 0.29) is 11.1 Å². The van der Waals surface area contributed by atoms with Crippen molar-refractivity contribution in [2.75, 3.05) is 5.32 Å². The molecule has 5 nitrogen and oxygen atoms in total. The van der Waals surface area contributed by atoms with Gasteiger partial charge in [-0.2, -0.15) is 0 Å². The number of carbonyl (C=O) groups excluding carboxylic acids is 1. The number of aromatic amines is 1. The van der Waals surface area contributed by atoms with Gasteiger partial charge in [0.05, 0.1) is 5.56 Å². The number of H-pyrrole nitrogens is 1. The van der Waals surface area contributed by atoms with E-state index < -0.39 is 0 Å². The van der Waals surface area contributed by atoms with Gasteiger partial charge in [0.25, 0.3) is 5.91 Å². The number of hydrogen-bond acceptors (Lipinski definition) is 3. The number of halogens is 1. The van der Waals surface area contributed by atoms with Crippen molar-refractivity contribution in [3.8, 4) is 0 Å². The summed E-state index contributed by atoms with van der Waals surface area (Å²) in [5.41, 5.74) is 1.47. The number of nitrogens with zero attached hydrogens (tertiary/aromatic N) is 2. The highest BCUT2D eigenvalue weighted by atomic mass is 35.5. The molecule has 19 heavy (non-hydrogen) atoms. The van der Waals surface area contributed by atoms with E-state index in [4.69, 9.17) is 11.6 Å². The summed E-state index contributed by atoms with van der Waals surface area (Å²) >= 11 is 5.63. The van der Waals surface area contributed by atoms with Crippen LogP contribution in [0.2, 0.25) is 5.15 Å². The molecule has 6 heteroatoms. The molecule has 0 aliphatic rings. The molecule has 0 atom stereocenters. The molecule has 1 amide bonds. The van der Waals surface area contributed by atoms with E-state index in [0.717, 1.165) is 10.9 Å². The lowest BCUT2D eigenvalue weighted by Gasteiger charge is -2.02. The zero-order chi connectivity index (χ0) is 13.2. The van der Waals surface area contributed by atoms with Crippen LogP contribution in [0.1, 0.15) is 10.4 Å². The van der Waals surface area contributed by atoms with Crippen LogP contribution in [0.5, 0.6) is 0 Å². The minimum absolute atomic E-state index is 0.242. The van der Waals surface area contributed by atoms with Gasteiger partial charge in [-0.25, -0.2) is 0 Å². The maximum absolute atomic E-state index is 12.1. The van der Waals surface area contributed by atoms with E-state index in [1.165, 1.54) is 0 Å². The molecular weight excluding hydrogens is 264 g/mol. The van der Waals surface area contributed by atoms with Crippen molar-refractivity contribution in [2.45, 2.75) is 0 Å². The molecule has 0 aliphatic heterocycles. The molecule has 0 radical (unpaired) electrons. The number of aromatic nitrogens is 3. The van der Waals surface area contributed by atoms with Gasteiger partial charge in [-0.15, -0.1) is 10.2 Å². The van der Waals surface area contributed by atoms with Gasteiger partial charge in [-0.05, 0) is 18.2 Å². The number of fused-ring (bicyclic) bond motifs is 1. The Balaban J connectivity index is 1.90. The third-order valence-corrected chi connectivity index (χ3v) is 2.91. The number of anilines is 1. The van der Waals surface area contributed by atoms with Gasteiger partial charge in [0.2, 0.25) is 0 Å². The van der Waals surface area contributed by atoms with Gasteiger partial charge in [0.1, 0.15) is 0 Å². The highest BCUT2D eigenvalue weighted by Gasteiger charge is 2.12. The Labute approximate surface area is 113 Å². The van der Waals surface area contributed by atoms with Gasteiger partial charge >= 0.3 is 0 Å². The minimum atomic E-state index is -0.242. The second-order valence-corrected chi connectivity index (χ2v) is 4.33. The first-order chi connectivity index (χ1) is 9.24. The number of amides is 1. The van der Waals surface area contributed by atoms with Gasteiger partial charge in [-0.3, -0.25) is 4.79 Å². The molecule has 2 N–H and O–H groups in total. The first-order valence-electron chi connectivity index (χ1n) is 5.61. The van der Waals surface area contributed by atoms with Gasteiger partial charge in [0.15, 0.2) is 11.0 Å². The fourth-order valence-electron chi connectivity index (χ4n) is 1.83. The molecule has 0 bridgehead atoms. The molecule has 0 unspecified atom stereocenters. The van der Waals surface area contributed by atoms with Crippen LogP contribution in [0.25, 0.3) is 10.9 Å². The molecule has 0 spiro atoms. The van der Waals surface area contributed by atoms with Crippen LogP contribution in [-0.4, -0.2) is 21.1 Å². The van der Waals surface area contributed by atoms with Crippen molar-refractivity contribution < 1.29 is 4.79 Å². The van der Waals surface area contributed by atoms with Gasteiger partial charge in [0, 0.05) is 17.1 Å². The molecule has 2 aromatic heterocycles. The number of hydrogen-bond donors (Lipinski definition) is 2. The van der Waals surface area contributed by atoms with Gasteiger partial charge in [-0.1, -0.05) is 29.8 Å². The summed E-state index contributed by atoms with van der Waals surface area (Å²) in [6, 6.07) is 10.8. The first kappa shape index (κ1) is 11.7. The van der Waals surface area contributed by atoms with Crippen molar-refractivity contribution in [1.82, 2.24) is 15.2 Å². The summed E-state index contributed by atoms with van der Waals surface area (Å²) < 4.78 is 0. The predicted octanol–water partition coefficient (Wildman–Crippen LogP) is 2.86. The smallest absolute Gasteiger partial charge is 0.259 e. The Kier molecular flexibility index (Phi) is 2.89. The monoisotopic (exact) mass is 272 g/mol. The van der Waals surface area contributed by atoms with Crippen LogP contribution in [-0.2, 0) is 0 Å². The van der Waals surface area contributed by atoms with Crippen molar-refractivity contribution in [1.29, 1.82) is 0 Å². The SMILES string of the molecule is O=C(Nc1ccc(Cl)nn1)c1c[nH]c2ccccc12. The minimum Gasteiger partial charge on any atom is -0.360 e. The summed E-state index contributed by atoms with van der Waals surface area (Å²) in [6.45, 7) is 0. The van der Waals surface area contributed by atoms with Crippen LogP contribution in [0.3, 0.4) is 0 Å². The highest BCUT2D eigenvalue weighted by molar-refractivity contribution is 6.29. The topological polar surface area (TPSA) is 70.7 Å². The van der Waals surface area contributed by atoms with E-state index >= 15 is 0 Å². The normalized spacial score (nSPS) is 10.6. The van der Waals surface area contributed by atoms with Crippen LogP contribution in [0, 0.1) is 0 Å². The van der Waals surface area contributed by atoms with Crippen LogP contribution >= 0.6 is 11.6 Å². The Hall–Kier alpha value is -2.40. The number of benzene rings is 1. The fourth-order valence-corrected chi connectivity index (χ4v) is 1.93. The summed E-state index contributed by atoms with van der Waals surface area (Å²) in [4.78, 5) is 15.2. The maximum Gasteiger partial charge on any atom is 0.259 e. The predicted molar refractivity (Wildman–Crippen MR) is 73.3 cm³/mol. The highest BCUT2D eigenvalue weighted by Crippen LogP contribution is 2.18. The second-order valence-electron chi connectivity index (χ2n) is 3.94. The Morgan fingerprint density at radius 3 is 2.79 bits per heavy atom. The van der Waals surface area contributed by atoms with Crippen LogP contribution in [0.15, 0.2) is 42.6 Å². The lowest BCUT2D eigenvalue weighted by atomic mass is 10.1. The molecule has 3 rings (SSSR count). The molecule has 0 saturated carbocycles. The molecule has 0 aliphatic carbocycles. The Bertz CT molecular complexity index is 736. The number of rotatable bonds is 2. The molecule has 0 fully saturated rings. The van der Waals surface area contributed by atoms with Crippen molar-refractivity contribution in [3.63, 3.8) is 0 Å². The quantitative estimate of drug-likeness (QED) is 0.753.